The van der Waals surface area contributed by atoms with Crippen LogP contribution in [0.25, 0.3) is 6.08 Å². The molecule has 1 aliphatic rings. The molecule has 1 saturated carbocycles. The Morgan fingerprint density at radius 1 is 1.25 bits per heavy atom. The number of hydrogen-bond donors (Lipinski definition) is 1. The SMILES string of the molecule is CCOC(=O)C=Cc1ccc(NC(=O)c2cc(C3CC3)n(C(C)(C)C)n2)cc1. The predicted octanol–water partition coefficient (Wildman–Crippen LogP) is 4.34. The van der Waals surface area contributed by atoms with Gasteiger partial charge in [-0.25, -0.2) is 4.79 Å². The summed E-state index contributed by atoms with van der Waals surface area (Å²) in [4.78, 5) is 24.0. The number of aromatic nitrogens is 2. The average Bonchev–Trinajstić information content (AvgIpc) is 3.38. The minimum Gasteiger partial charge on any atom is -0.463 e. The Kier molecular flexibility index (Phi) is 5.68. The van der Waals surface area contributed by atoms with Crippen molar-refractivity contribution in [1.29, 1.82) is 0 Å². The van der Waals surface area contributed by atoms with Crippen molar-refractivity contribution in [2.75, 3.05) is 11.9 Å². The summed E-state index contributed by atoms with van der Waals surface area (Å²) in [6.07, 6.45) is 5.37. The molecule has 1 aromatic carbocycles. The largest absolute Gasteiger partial charge is 0.463 e. The van der Waals surface area contributed by atoms with Crippen molar-refractivity contribution in [2.45, 2.75) is 52.0 Å². The zero-order valence-electron chi connectivity index (χ0n) is 16.9. The number of nitrogens with zero attached hydrogens (tertiary/aromatic N) is 2. The molecule has 1 aliphatic carbocycles. The number of anilines is 1. The van der Waals surface area contributed by atoms with Crippen LogP contribution in [0.4, 0.5) is 5.69 Å². The van der Waals surface area contributed by atoms with E-state index in [2.05, 4.69) is 31.2 Å². The second-order valence-electron chi connectivity index (χ2n) is 7.97. The molecule has 1 heterocycles. The summed E-state index contributed by atoms with van der Waals surface area (Å²) in [5.41, 5.74) is 2.93. The van der Waals surface area contributed by atoms with Crippen molar-refractivity contribution in [1.82, 2.24) is 9.78 Å². The quantitative estimate of drug-likeness (QED) is 0.597. The summed E-state index contributed by atoms with van der Waals surface area (Å²) >= 11 is 0. The van der Waals surface area contributed by atoms with Gasteiger partial charge in [0, 0.05) is 23.4 Å². The molecule has 28 heavy (non-hydrogen) atoms. The third-order valence-electron chi connectivity index (χ3n) is 4.47. The van der Waals surface area contributed by atoms with Gasteiger partial charge in [-0.05, 0) is 70.4 Å². The van der Waals surface area contributed by atoms with Gasteiger partial charge in [0.1, 0.15) is 0 Å². The van der Waals surface area contributed by atoms with E-state index in [1.165, 1.54) is 6.08 Å². The fourth-order valence-corrected chi connectivity index (χ4v) is 2.94. The minimum absolute atomic E-state index is 0.163. The van der Waals surface area contributed by atoms with Gasteiger partial charge in [0.15, 0.2) is 5.69 Å². The maximum atomic E-state index is 12.7. The molecule has 0 unspecified atom stereocenters. The number of esters is 1. The number of carbonyl (C=O) groups excluding carboxylic acids is 2. The van der Waals surface area contributed by atoms with Crippen molar-refractivity contribution in [2.24, 2.45) is 0 Å². The van der Waals surface area contributed by atoms with Crippen molar-refractivity contribution in [3.05, 3.63) is 53.4 Å². The molecule has 0 radical (unpaired) electrons. The lowest BCUT2D eigenvalue weighted by atomic mass is 10.1. The summed E-state index contributed by atoms with van der Waals surface area (Å²) in [6, 6.07) is 9.16. The number of rotatable bonds is 6. The van der Waals surface area contributed by atoms with E-state index in [0.717, 1.165) is 24.1 Å². The van der Waals surface area contributed by atoms with E-state index in [9.17, 15) is 9.59 Å². The zero-order chi connectivity index (χ0) is 20.3. The van der Waals surface area contributed by atoms with Crippen molar-refractivity contribution in [3.63, 3.8) is 0 Å². The van der Waals surface area contributed by atoms with Gasteiger partial charge in [-0.3, -0.25) is 9.48 Å². The first-order valence-corrected chi connectivity index (χ1v) is 9.64. The van der Waals surface area contributed by atoms with Crippen LogP contribution in [-0.4, -0.2) is 28.3 Å². The topological polar surface area (TPSA) is 73.2 Å². The van der Waals surface area contributed by atoms with E-state index in [0.29, 0.717) is 23.9 Å². The Hall–Kier alpha value is -2.89. The maximum Gasteiger partial charge on any atom is 0.330 e. The fourth-order valence-electron chi connectivity index (χ4n) is 2.94. The molecular weight excluding hydrogens is 354 g/mol. The Morgan fingerprint density at radius 2 is 1.93 bits per heavy atom. The van der Waals surface area contributed by atoms with Crippen LogP contribution in [0.2, 0.25) is 0 Å². The number of carbonyl (C=O) groups is 2. The number of benzene rings is 1. The number of amides is 1. The van der Waals surface area contributed by atoms with Crippen LogP contribution in [0.15, 0.2) is 36.4 Å². The molecule has 0 saturated heterocycles. The highest BCUT2D eigenvalue weighted by molar-refractivity contribution is 6.03. The first kappa shape index (κ1) is 19.9. The van der Waals surface area contributed by atoms with Gasteiger partial charge in [-0.15, -0.1) is 0 Å². The molecule has 0 bridgehead atoms. The number of hydrogen-bond acceptors (Lipinski definition) is 4. The minimum atomic E-state index is -0.374. The first-order valence-electron chi connectivity index (χ1n) is 9.64. The Balaban J connectivity index is 1.69. The molecular formula is C22H27N3O3. The van der Waals surface area contributed by atoms with E-state index in [1.54, 1.807) is 25.1 Å². The predicted molar refractivity (Wildman–Crippen MR) is 109 cm³/mol. The van der Waals surface area contributed by atoms with Gasteiger partial charge in [0.25, 0.3) is 5.91 Å². The molecule has 1 aromatic heterocycles. The van der Waals surface area contributed by atoms with Gasteiger partial charge in [0.2, 0.25) is 0 Å². The van der Waals surface area contributed by atoms with Crippen LogP contribution in [-0.2, 0) is 15.1 Å². The number of ether oxygens (including phenoxy) is 1. The molecule has 3 rings (SSSR count). The van der Waals surface area contributed by atoms with Gasteiger partial charge in [0.05, 0.1) is 12.1 Å². The lowest BCUT2D eigenvalue weighted by molar-refractivity contribution is -0.137. The Bertz CT molecular complexity index is 885. The third kappa shape index (κ3) is 4.88. The molecule has 1 amide bonds. The van der Waals surface area contributed by atoms with Crippen molar-refractivity contribution in [3.8, 4) is 0 Å². The van der Waals surface area contributed by atoms with Gasteiger partial charge in [-0.2, -0.15) is 5.10 Å². The zero-order valence-corrected chi connectivity index (χ0v) is 16.9. The van der Waals surface area contributed by atoms with Crippen LogP contribution < -0.4 is 5.32 Å². The summed E-state index contributed by atoms with van der Waals surface area (Å²) < 4.78 is 6.83. The van der Waals surface area contributed by atoms with E-state index in [1.807, 2.05) is 22.9 Å². The Morgan fingerprint density at radius 3 is 2.50 bits per heavy atom. The lowest BCUT2D eigenvalue weighted by Gasteiger charge is -2.22. The summed E-state index contributed by atoms with van der Waals surface area (Å²) in [7, 11) is 0. The monoisotopic (exact) mass is 381 g/mol. The smallest absolute Gasteiger partial charge is 0.330 e. The van der Waals surface area contributed by atoms with Gasteiger partial charge >= 0.3 is 5.97 Å². The van der Waals surface area contributed by atoms with E-state index in [4.69, 9.17) is 4.74 Å². The standard InChI is InChI=1S/C22H27N3O3/c1-5-28-20(26)13-8-15-6-11-17(12-7-15)23-21(27)18-14-19(16-9-10-16)25(24-18)22(2,3)4/h6-8,11-14,16H,5,9-10H2,1-4H3,(H,23,27). The number of nitrogens with one attached hydrogen (secondary N) is 1. The van der Waals surface area contributed by atoms with Crippen LogP contribution in [0, 0.1) is 0 Å². The van der Waals surface area contributed by atoms with E-state index >= 15 is 0 Å². The van der Waals surface area contributed by atoms with Crippen LogP contribution in [0.1, 0.15) is 68.2 Å². The van der Waals surface area contributed by atoms with E-state index in [-0.39, 0.29) is 17.4 Å². The fraction of sp³-hybridized carbons (Fsp3) is 0.409. The van der Waals surface area contributed by atoms with Crippen molar-refractivity contribution < 1.29 is 14.3 Å². The molecule has 0 atom stereocenters. The van der Waals surface area contributed by atoms with Gasteiger partial charge < -0.3 is 10.1 Å². The molecule has 6 heteroatoms. The van der Waals surface area contributed by atoms with Gasteiger partial charge in [-0.1, -0.05) is 12.1 Å². The summed E-state index contributed by atoms with van der Waals surface area (Å²) in [6.45, 7) is 8.39. The third-order valence-corrected chi connectivity index (χ3v) is 4.47. The molecule has 0 spiro atoms. The molecule has 2 aromatic rings. The Labute approximate surface area is 165 Å². The lowest BCUT2D eigenvalue weighted by Crippen LogP contribution is -2.25. The highest BCUT2D eigenvalue weighted by Crippen LogP contribution is 2.41. The first-order chi connectivity index (χ1) is 13.3. The average molecular weight is 381 g/mol. The van der Waals surface area contributed by atoms with Crippen LogP contribution in [0.5, 0.6) is 0 Å². The molecule has 148 valence electrons. The highest BCUT2D eigenvalue weighted by atomic mass is 16.5. The van der Waals surface area contributed by atoms with Crippen LogP contribution in [0.3, 0.4) is 0 Å². The molecule has 6 nitrogen and oxygen atoms in total. The highest BCUT2D eigenvalue weighted by Gasteiger charge is 2.32. The van der Waals surface area contributed by atoms with Crippen LogP contribution >= 0.6 is 0 Å². The molecule has 1 N–H and O–H groups in total. The second-order valence-corrected chi connectivity index (χ2v) is 7.97. The second kappa shape index (κ2) is 8.00. The van der Waals surface area contributed by atoms with Crippen molar-refractivity contribution >= 4 is 23.6 Å². The van der Waals surface area contributed by atoms with E-state index < -0.39 is 0 Å². The normalized spacial score (nSPS) is 14.3. The maximum absolute atomic E-state index is 12.7. The summed E-state index contributed by atoms with van der Waals surface area (Å²) in [5.74, 6) is -0.0840. The molecule has 0 aliphatic heterocycles. The molecule has 1 fully saturated rings. The summed E-state index contributed by atoms with van der Waals surface area (Å²) in [5, 5.41) is 7.46.